The maximum atomic E-state index is 6.37. The van der Waals surface area contributed by atoms with Crippen LogP contribution in [0.4, 0.5) is 0 Å². The van der Waals surface area contributed by atoms with Crippen LogP contribution in [0.1, 0.15) is 68.2 Å². The van der Waals surface area contributed by atoms with Crippen molar-refractivity contribution in [3.63, 3.8) is 0 Å². The van der Waals surface area contributed by atoms with Crippen LogP contribution < -0.4 is 0 Å². The first kappa shape index (κ1) is 14.7. The molecule has 0 radical (unpaired) electrons. The number of hydrogen-bond donors (Lipinski definition) is 0. The summed E-state index contributed by atoms with van der Waals surface area (Å²) < 4.78 is 6.37. The Bertz CT molecular complexity index is 406. The van der Waals surface area contributed by atoms with Gasteiger partial charge in [-0.15, -0.1) is 0 Å². The first-order valence-corrected chi connectivity index (χ1v) is 7.66. The lowest BCUT2D eigenvalue weighted by atomic mass is 9.79. The summed E-state index contributed by atoms with van der Waals surface area (Å²) in [4.78, 5) is 0. The molecule has 108 valence electrons. The van der Waals surface area contributed by atoms with Crippen molar-refractivity contribution < 1.29 is 4.74 Å². The van der Waals surface area contributed by atoms with E-state index in [9.17, 15) is 0 Å². The van der Waals surface area contributed by atoms with Crippen molar-refractivity contribution in [1.82, 2.24) is 0 Å². The molecule has 1 heteroatoms. The highest BCUT2D eigenvalue weighted by Crippen LogP contribution is 2.51. The van der Waals surface area contributed by atoms with Crippen molar-refractivity contribution in [2.75, 3.05) is 0 Å². The van der Waals surface area contributed by atoms with Crippen LogP contribution >= 0.6 is 0 Å². The normalized spacial score (nSPS) is 33.3. The van der Waals surface area contributed by atoms with Crippen LogP contribution in [0, 0.1) is 22.7 Å². The molecule has 0 heterocycles. The van der Waals surface area contributed by atoms with Gasteiger partial charge in [0.2, 0.25) is 0 Å². The molecule has 0 spiro atoms. The van der Waals surface area contributed by atoms with Gasteiger partial charge in [-0.05, 0) is 47.7 Å². The second-order valence-electron chi connectivity index (χ2n) is 7.85. The Hall–Kier alpha value is -0.720. The molecule has 0 fully saturated rings. The van der Waals surface area contributed by atoms with E-state index in [1.807, 2.05) is 0 Å². The molecule has 2 aliphatic carbocycles. The van der Waals surface area contributed by atoms with E-state index >= 15 is 0 Å². The summed E-state index contributed by atoms with van der Waals surface area (Å²) in [5.74, 6) is 3.82. The van der Waals surface area contributed by atoms with Gasteiger partial charge in [0.25, 0.3) is 0 Å². The fourth-order valence-electron chi connectivity index (χ4n) is 3.22. The second kappa shape index (κ2) is 4.40. The summed E-state index contributed by atoms with van der Waals surface area (Å²) in [5, 5.41) is 0. The van der Waals surface area contributed by atoms with Crippen molar-refractivity contribution in [3.05, 3.63) is 22.7 Å². The number of rotatable bonds is 2. The zero-order chi connectivity index (χ0) is 14.6. The quantitative estimate of drug-likeness (QED) is 0.622. The summed E-state index contributed by atoms with van der Waals surface area (Å²) in [6, 6.07) is 0. The first-order chi connectivity index (χ1) is 8.58. The molecular formula is C18H30O. The second-order valence-corrected chi connectivity index (χ2v) is 7.85. The van der Waals surface area contributed by atoms with Gasteiger partial charge < -0.3 is 4.74 Å². The van der Waals surface area contributed by atoms with E-state index in [1.54, 1.807) is 0 Å². The van der Waals surface area contributed by atoms with Crippen molar-refractivity contribution in [1.29, 1.82) is 0 Å². The molecule has 2 atom stereocenters. The van der Waals surface area contributed by atoms with Crippen LogP contribution in [-0.4, -0.2) is 0 Å². The Labute approximate surface area is 119 Å². The molecule has 19 heavy (non-hydrogen) atoms. The highest BCUT2D eigenvalue weighted by molar-refractivity contribution is 5.28. The maximum absolute atomic E-state index is 6.37. The van der Waals surface area contributed by atoms with Crippen molar-refractivity contribution in [3.8, 4) is 0 Å². The van der Waals surface area contributed by atoms with Crippen LogP contribution in [0.25, 0.3) is 0 Å². The Balaban J connectivity index is 2.25. The minimum atomic E-state index is 0.281. The average molecular weight is 262 g/mol. The summed E-state index contributed by atoms with van der Waals surface area (Å²) in [6.45, 7) is 18.5. The minimum Gasteiger partial charge on any atom is -0.466 e. The molecule has 0 aromatic rings. The molecule has 0 amide bonds. The topological polar surface area (TPSA) is 9.23 Å². The summed E-state index contributed by atoms with van der Waals surface area (Å²) in [7, 11) is 0. The Kier molecular flexibility index (Phi) is 3.40. The SMILES string of the molecule is CC1=C(OC2=C(C)C(C)(C)C(C)C2)CC(C)C1(C)C. The third kappa shape index (κ3) is 2.15. The van der Waals surface area contributed by atoms with E-state index in [-0.39, 0.29) is 10.8 Å². The molecule has 0 saturated carbocycles. The zero-order valence-electron chi connectivity index (χ0n) is 14.0. The zero-order valence-corrected chi connectivity index (χ0v) is 14.0. The fraction of sp³-hybridized carbons (Fsp3) is 0.778. The first-order valence-electron chi connectivity index (χ1n) is 7.66. The smallest absolute Gasteiger partial charge is 0.103 e. The molecule has 0 aromatic carbocycles. The molecule has 2 unspecified atom stereocenters. The predicted molar refractivity (Wildman–Crippen MR) is 81.6 cm³/mol. The fourth-order valence-corrected chi connectivity index (χ4v) is 3.22. The van der Waals surface area contributed by atoms with E-state index < -0.39 is 0 Å². The summed E-state index contributed by atoms with van der Waals surface area (Å²) in [6.07, 6.45) is 2.18. The van der Waals surface area contributed by atoms with Gasteiger partial charge in [-0.2, -0.15) is 0 Å². The van der Waals surface area contributed by atoms with Gasteiger partial charge >= 0.3 is 0 Å². The molecule has 1 nitrogen and oxygen atoms in total. The highest BCUT2D eigenvalue weighted by atomic mass is 16.5. The van der Waals surface area contributed by atoms with Crippen LogP contribution in [0.15, 0.2) is 22.7 Å². The van der Waals surface area contributed by atoms with E-state index in [0.29, 0.717) is 11.8 Å². The molecule has 2 rings (SSSR count). The molecule has 0 aromatic heterocycles. The molecule has 0 aliphatic heterocycles. The predicted octanol–water partition coefficient (Wildman–Crippen LogP) is 5.68. The van der Waals surface area contributed by atoms with Gasteiger partial charge in [-0.3, -0.25) is 0 Å². The monoisotopic (exact) mass is 262 g/mol. The van der Waals surface area contributed by atoms with Gasteiger partial charge in [-0.1, -0.05) is 41.5 Å². The van der Waals surface area contributed by atoms with E-state index in [0.717, 1.165) is 12.8 Å². The summed E-state index contributed by atoms with van der Waals surface area (Å²) >= 11 is 0. The molecule has 0 saturated heterocycles. The van der Waals surface area contributed by atoms with Crippen LogP contribution in [0.5, 0.6) is 0 Å². The van der Waals surface area contributed by atoms with Gasteiger partial charge in [0.05, 0.1) is 0 Å². The Morgan fingerprint density at radius 3 is 1.32 bits per heavy atom. The number of ether oxygens (including phenoxy) is 1. The van der Waals surface area contributed by atoms with Gasteiger partial charge in [0.1, 0.15) is 11.5 Å². The number of allylic oxidation sites excluding steroid dienone is 4. The van der Waals surface area contributed by atoms with E-state index in [4.69, 9.17) is 4.74 Å². The molecule has 2 aliphatic rings. The minimum absolute atomic E-state index is 0.281. The lowest BCUT2D eigenvalue weighted by Gasteiger charge is -2.25. The molecule has 0 bridgehead atoms. The lowest BCUT2D eigenvalue weighted by Crippen LogP contribution is -2.17. The third-order valence-electron chi connectivity index (χ3n) is 6.46. The summed E-state index contributed by atoms with van der Waals surface area (Å²) in [5.41, 5.74) is 3.45. The van der Waals surface area contributed by atoms with Crippen molar-refractivity contribution in [2.45, 2.75) is 68.2 Å². The number of hydrogen-bond acceptors (Lipinski definition) is 1. The Morgan fingerprint density at radius 2 is 1.11 bits per heavy atom. The lowest BCUT2D eigenvalue weighted by molar-refractivity contribution is 0.259. The van der Waals surface area contributed by atoms with E-state index in [2.05, 4.69) is 55.4 Å². The van der Waals surface area contributed by atoms with Crippen LogP contribution in [0.2, 0.25) is 0 Å². The highest BCUT2D eigenvalue weighted by Gasteiger charge is 2.41. The Morgan fingerprint density at radius 1 is 0.789 bits per heavy atom. The standard InChI is InChI=1S/C18H30O/c1-11-9-15(13(3)17(11,5)6)19-16-10-12(2)18(7,8)14(16)4/h11-12H,9-10H2,1-8H3. The van der Waals surface area contributed by atoms with Gasteiger partial charge in [0.15, 0.2) is 0 Å². The van der Waals surface area contributed by atoms with E-state index in [1.165, 1.54) is 22.7 Å². The third-order valence-corrected chi connectivity index (χ3v) is 6.46. The molecular weight excluding hydrogens is 232 g/mol. The van der Waals surface area contributed by atoms with Crippen molar-refractivity contribution in [2.24, 2.45) is 22.7 Å². The van der Waals surface area contributed by atoms with Gasteiger partial charge in [-0.25, -0.2) is 0 Å². The largest absolute Gasteiger partial charge is 0.466 e. The van der Waals surface area contributed by atoms with Crippen LogP contribution in [0.3, 0.4) is 0 Å². The maximum Gasteiger partial charge on any atom is 0.103 e. The van der Waals surface area contributed by atoms with Gasteiger partial charge in [0, 0.05) is 12.8 Å². The average Bonchev–Trinajstić information content (AvgIpc) is 2.61. The van der Waals surface area contributed by atoms with Crippen LogP contribution in [-0.2, 0) is 4.74 Å². The van der Waals surface area contributed by atoms with Crippen molar-refractivity contribution >= 4 is 0 Å². The molecule has 0 N–H and O–H groups in total.